The van der Waals surface area contributed by atoms with Crippen LogP contribution in [0.5, 0.6) is 5.75 Å². The SMILES string of the molecule is CC(=O)CN(C)C(=O)[C@H](Cc1cnc[nH]1)NC(=O)[C@H](CC(N)=O)NC(=O)[C@H](CCC(=O)O)CC(=O)C1(NC(=O)[C@H](Cc2ccc3ccccc3c2)NC(=O)[C@H](Cc2ccc(OCCN)cc2)NC(=O)[C@H]2NC(=O)[C@H](CCCCNC(C)=O)NC(=O)[C@H](Cc3c[nH]c4c(-c5ccccc5)cccc34)NC(=O)[C@H]([C@@H](C)O)NC(=O)[C@H](CC(N)=O)NC(=O)[C@@H](NC(C)=O)C(C)(C)SSC2(C)C)CCOCC1. The molecule has 0 aliphatic carbocycles. The van der Waals surface area contributed by atoms with Gasteiger partial charge < -0.3 is 116 Å². The third kappa shape index (κ3) is 31.4. The van der Waals surface area contributed by atoms with Gasteiger partial charge in [-0.1, -0.05) is 125 Å². The van der Waals surface area contributed by atoms with Crippen molar-refractivity contribution in [2.75, 3.05) is 46.5 Å². The van der Waals surface area contributed by atoms with Gasteiger partial charge in [-0.2, -0.15) is 0 Å². The topological polar surface area (TPSA) is 636 Å². The van der Waals surface area contributed by atoms with E-state index in [1.54, 1.807) is 72.9 Å². The number of ether oxygens (including phenoxy) is 2. The predicted molar refractivity (Wildman–Crippen MR) is 511 cm³/mol. The number of aliphatic hydroxyl groups is 1. The van der Waals surface area contributed by atoms with Gasteiger partial charge in [0.15, 0.2) is 5.78 Å². The van der Waals surface area contributed by atoms with Crippen LogP contribution >= 0.6 is 21.6 Å². The summed E-state index contributed by atoms with van der Waals surface area (Å²) >= 11 is 0. The first-order valence-electron chi connectivity index (χ1n) is 45.2. The first kappa shape index (κ1) is 108. The quantitative estimate of drug-likeness (QED) is 0.0185. The molecule has 2 fully saturated rings. The van der Waals surface area contributed by atoms with E-state index in [1.807, 2.05) is 48.5 Å². The standard InChI is InChI=1S/C95H123N19O22S2/c1-52(115)50-114(9)92(134)73(45-63-49-99-51-102-63)110-86(128)71(46-75(97)120)105-82(124)61(29-32-77(122)123)44-74(119)95(33-37-135-38-34-95)113-88(130)69(42-57-25-28-58-18-13-14-21-60(58)40-57)106-84(126)68(41-56-26-30-64(31-27-56)136-39-35-96)108-91(133)81-94(7,8)138-137-93(5,6)80(103-55(4)118)90(132)109-72(47-76(98)121)87(129)111-78(53(2)116)89(131)107-70(85(127)104-67(83(125)112-81)24-15-16-36-100-54(3)117)43-62-48-101-79-65(22-17-23-66(62)79)59-19-11-10-12-20-59/h10-14,17-23,25-28,30-31,40,48-49,51,53,61,67-73,78,80-81,101,116H,15-16,24,29,32-39,41-47,50,96H2,1-9H3,(H2,97,120)(H2,98,121)(H,99,102)(H,100,117)(H,103,118)(H,104,127)(H,105,124)(H,106,126)(H,107,131)(H,108,133)(H,109,132)(H,110,128)(H,111,129)(H,112,125)(H,113,130)(H,122,123)/t53-,61-,67+,68+,69+,70+,71+,72+,73+,78+,80-,81-/m1/s1. The summed E-state index contributed by atoms with van der Waals surface area (Å²) in [5.41, 5.74) is 19.0. The normalized spacial score (nSPS) is 19.3. The third-order valence-corrected chi connectivity index (χ3v) is 27.7. The number of primary amides is 2. The zero-order valence-corrected chi connectivity index (χ0v) is 79.9. The largest absolute Gasteiger partial charge is 0.492 e. The van der Waals surface area contributed by atoms with Gasteiger partial charge >= 0.3 is 5.97 Å². The van der Waals surface area contributed by atoms with Crippen LogP contribution < -0.4 is 85.7 Å². The highest BCUT2D eigenvalue weighted by Gasteiger charge is 2.49. The van der Waals surface area contributed by atoms with Crippen molar-refractivity contribution in [3.8, 4) is 16.9 Å². The number of carbonyl (C=O) groups excluding carboxylic acids is 17. The summed E-state index contributed by atoms with van der Waals surface area (Å²) in [5.74, 6) is -19.1. The lowest BCUT2D eigenvalue weighted by Gasteiger charge is -2.39. The van der Waals surface area contributed by atoms with Crippen LogP contribution in [0.25, 0.3) is 32.8 Å². The average Bonchev–Trinajstić information content (AvgIpc) is 1.56. The van der Waals surface area contributed by atoms with E-state index >= 15 is 33.6 Å². The number of nitrogens with two attached hydrogens (primary N) is 3. The molecule has 0 saturated carbocycles. The molecule has 43 heteroatoms. The minimum Gasteiger partial charge on any atom is -0.492 e. The molecule has 2 saturated heterocycles. The highest BCUT2D eigenvalue weighted by Crippen LogP contribution is 2.47. The van der Waals surface area contributed by atoms with Crippen LogP contribution in [-0.2, 0) is 117 Å². The molecule has 0 bridgehead atoms. The van der Waals surface area contributed by atoms with Crippen LogP contribution in [0.2, 0.25) is 0 Å². The smallest absolute Gasteiger partial charge is 0.303 e. The first-order valence-corrected chi connectivity index (χ1v) is 47.4. The number of H-pyrrole nitrogens is 2. The van der Waals surface area contributed by atoms with Gasteiger partial charge in [-0.25, -0.2) is 4.98 Å². The molecule has 2 aliphatic rings. The summed E-state index contributed by atoms with van der Waals surface area (Å²) < 4.78 is 8.30. The Hall–Kier alpha value is -13.7. The summed E-state index contributed by atoms with van der Waals surface area (Å²) in [6.07, 6.45) is -3.25. The summed E-state index contributed by atoms with van der Waals surface area (Å²) in [6, 6.07) is 15.9. The van der Waals surface area contributed by atoms with Gasteiger partial charge in [0.05, 0.1) is 37.3 Å². The molecule has 22 N–H and O–H groups in total. The van der Waals surface area contributed by atoms with Crippen molar-refractivity contribution >= 4 is 149 Å². The van der Waals surface area contributed by atoms with Crippen molar-refractivity contribution in [2.24, 2.45) is 23.1 Å². The number of nitrogens with one attached hydrogen (secondary N) is 14. The van der Waals surface area contributed by atoms with Gasteiger partial charge in [-0.05, 0) is 112 Å². The molecular weight excluding hydrogens is 1820 g/mol. The molecule has 0 radical (unpaired) electrons. The number of Topliss-reactive ketones (excluding diaryl/α,β-unsaturated/α-hetero) is 2. The number of ketones is 2. The zero-order valence-electron chi connectivity index (χ0n) is 78.3. The number of carboxylic acids is 1. The Morgan fingerprint density at radius 3 is 1.90 bits per heavy atom. The van der Waals surface area contributed by atoms with E-state index in [1.165, 1.54) is 61.1 Å². The van der Waals surface area contributed by atoms with Crippen LogP contribution in [0.3, 0.4) is 0 Å². The summed E-state index contributed by atoms with van der Waals surface area (Å²) in [4.78, 5) is 271. The van der Waals surface area contributed by atoms with Crippen molar-refractivity contribution in [2.45, 2.75) is 227 Å². The number of amides is 15. The molecule has 138 heavy (non-hydrogen) atoms. The first-order chi connectivity index (χ1) is 65.4. The highest BCUT2D eigenvalue weighted by molar-refractivity contribution is 8.77. The van der Waals surface area contributed by atoms with E-state index in [0.717, 1.165) is 56.8 Å². The maximum atomic E-state index is 16.5. The number of hydrogen-bond acceptors (Lipinski definition) is 25. The Kier molecular flexibility index (Phi) is 39.5. The predicted octanol–water partition coefficient (Wildman–Crippen LogP) is 0.730. The minimum absolute atomic E-state index is 0.0851. The summed E-state index contributed by atoms with van der Waals surface area (Å²) in [6.45, 7) is 10.4. The number of para-hydroxylation sites is 1. The molecule has 4 heterocycles. The van der Waals surface area contributed by atoms with E-state index in [4.69, 9.17) is 26.7 Å². The average molecular weight is 1950 g/mol. The molecule has 742 valence electrons. The molecule has 0 unspecified atom stereocenters. The Bertz CT molecular complexity index is 5560. The Labute approximate surface area is 804 Å². The zero-order chi connectivity index (χ0) is 101. The molecule has 9 rings (SSSR count). The van der Waals surface area contributed by atoms with Crippen molar-refractivity contribution in [1.82, 2.24) is 83.7 Å². The lowest BCUT2D eigenvalue weighted by molar-refractivity contribution is -0.142. The molecule has 2 aliphatic heterocycles. The van der Waals surface area contributed by atoms with Crippen molar-refractivity contribution in [3.05, 3.63) is 156 Å². The lowest BCUT2D eigenvalue weighted by Crippen LogP contribution is -2.65. The maximum Gasteiger partial charge on any atom is 0.303 e. The molecule has 0 spiro atoms. The number of rotatable bonds is 42. The van der Waals surface area contributed by atoms with Crippen molar-refractivity contribution < 1.29 is 106 Å². The fourth-order valence-electron chi connectivity index (χ4n) is 16.1. The number of carbonyl (C=O) groups is 18. The molecule has 41 nitrogen and oxygen atoms in total. The fourth-order valence-corrected chi connectivity index (χ4v) is 18.9. The molecule has 5 aromatic carbocycles. The van der Waals surface area contributed by atoms with Crippen LogP contribution in [0.1, 0.15) is 142 Å². The van der Waals surface area contributed by atoms with Gasteiger partial charge in [-0.3, -0.25) is 86.3 Å². The number of likely N-dealkylation sites (N-methyl/N-ethyl adjacent to an activating group) is 1. The molecule has 7 aromatic rings. The van der Waals surface area contributed by atoms with E-state index < -0.39 is 226 Å². The number of carboxylic acid groups (broad SMARTS) is 1. The number of fused-ring (bicyclic) bond motifs is 2. The van der Waals surface area contributed by atoms with E-state index in [-0.39, 0.29) is 96.7 Å². The minimum atomic E-state index is -1.99. The number of benzene rings is 5. The molecule has 12 atom stereocenters. The van der Waals surface area contributed by atoms with Crippen LogP contribution in [0, 0.1) is 5.92 Å². The lowest BCUT2D eigenvalue weighted by atomic mass is 9.80. The fraction of sp³-hybridized carbons (Fsp3) is 0.463. The van der Waals surface area contributed by atoms with E-state index in [2.05, 4.69) is 78.8 Å². The van der Waals surface area contributed by atoms with Crippen molar-refractivity contribution in [1.29, 1.82) is 0 Å². The number of aromatic amines is 2. The number of nitrogens with zero attached hydrogens (tertiary/aromatic N) is 2. The van der Waals surface area contributed by atoms with Crippen LogP contribution in [0.15, 0.2) is 134 Å². The van der Waals surface area contributed by atoms with Gasteiger partial charge in [-0.15, -0.1) is 0 Å². The highest BCUT2D eigenvalue weighted by atomic mass is 33.1. The monoisotopic (exact) mass is 1950 g/mol. The Balaban J connectivity index is 1.13. The van der Waals surface area contributed by atoms with Gasteiger partial charge in [0.2, 0.25) is 88.6 Å². The van der Waals surface area contributed by atoms with E-state index in [9.17, 15) is 63.0 Å². The Morgan fingerprint density at radius 2 is 1.25 bits per heavy atom. The second-order valence-corrected chi connectivity index (χ2v) is 39.0. The molecule has 15 amide bonds. The van der Waals surface area contributed by atoms with E-state index in [0.29, 0.717) is 44.4 Å². The molecule has 2 aromatic heterocycles. The summed E-state index contributed by atoms with van der Waals surface area (Å²) in [5, 5.41) is 55.7. The third-order valence-electron chi connectivity index (χ3n) is 23.5. The van der Waals surface area contributed by atoms with Crippen LogP contribution in [-0.4, -0.2) is 264 Å². The number of aliphatic hydroxyl groups excluding tert-OH is 1. The summed E-state index contributed by atoms with van der Waals surface area (Å²) in [7, 11) is 3.10. The van der Waals surface area contributed by atoms with Crippen molar-refractivity contribution in [3.63, 3.8) is 0 Å². The Morgan fingerprint density at radius 1 is 0.630 bits per heavy atom. The second-order valence-electron chi connectivity index (χ2n) is 35.5. The maximum absolute atomic E-state index is 16.5. The van der Waals surface area contributed by atoms with Crippen LogP contribution in [0.4, 0.5) is 0 Å². The number of unbranched alkanes of at least 4 members (excludes halogenated alkanes) is 1. The van der Waals surface area contributed by atoms with Gasteiger partial charge in [0.1, 0.15) is 84.1 Å². The number of hydrogen-bond donors (Lipinski definition) is 19. The second kappa shape index (κ2) is 50.4. The number of aliphatic carboxylic acids is 1. The van der Waals surface area contributed by atoms with Gasteiger partial charge in [0, 0.05) is 143 Å². The molecular formula is C95H123N19O22S2. The van der Waals surface area contributed by atoms with Gasteiger partial charge in [0.25, 0.3) is 0 Å². The number of aromatic nitrogens is 3. The number of imidazole rings is 1.